The van der Waals surface area contributed by atoms with Gasteiger partial charge in [-0.2, -0.15) is 0 Å². The lowest BCUT2D eigenvalue weighted by Gasteiger charge is -2.32. The number of ether oxygens (including phenoxy) is 1. The van der Waals surface area contributed by atoms with E-state index in [1.54, 1.807) is 4.90 Å². The second kappa shape index (κ2) is 14.5. The molecule has 1 aromatic carbocycles. The van der Waals surface area contributed by atoms with Crippen molar-refractivity contribution in [1.82, 2.24) is 15.1 Å². The van der Waals surface area contributed by atoms with Gasteiger partial charge in [0.05, 0.1) is 13.2 Å². The van der Waals surface area contributed by atoms with Gasteiger partial charge in [0.2, 0.25) is 0 Å². The molecule has 1 aliphatic rings. The highest BCUT2D eigenvalue weighted by Gasteiger charge is 2.24. The molecule has 2 rings (SSSR count). The molecule has 1 unspecified atom stereocenters. The summed E-state index contributed by atoms with van der Waals surface area (Å²) in [5, 5.41) is 3.33. The van der Waals surface area contributed by atoms with E-state index in [-0.39, 0.29) is 36.1 Å². The highest BCUT2D eigenvalue weighted by atomic mass is 127. The Bertz CT molecular complexity index is 632. The zero-order valence-corrected chi connectivity index (χ0v) is 20.9. The van der Waals surface area contributed by atoms with Crippen LogP contribution in [0.5, 0.6) is 0 Å². The van der Waals surface area contributed by atoms with Crippen LogP contribution >= 0.6 is 24.0 Å². The van der Waals surface area contributed by atoms with Crippen LogP contribution in [0.3, 0.4) is 0 Å². The number of nitrogens with one attached hydrogen (secondary N) is 1. The quantitative estimate of drug-likeness (QED) is 0.291. The number of nitrogens with zero attached hydrogens (tertiary/aromatic N) is 3. The molecule has 7 nitrogen and oxygen atoms in total. The van der Waals surface area contributed by atoms with E-state index in [1.807, 2.05) is 13.0 Å². The van der Waals surface area contributed by atoms with Crippen molar-refractivity contribution < 1.29 is 9.53 Å². The van der Waals surface area contributed by atoms with Gasteiger partial charge in [-0.1, -0.05) is 44.2 Å². The number of piperidine rings is 1. The lowest BCUT2D eigenvalue weighted by molar-refractivity contribution is 0.0963. The van der Waals surface area contributed by atoms with Crippen LogP contribution in [0.1, 0.15) is 39.2 Å². The van der Waals surface area contributed by atoms with Crippen molar-refractivity contribution in [2.24, 2.45) is 10.7 Å². The molecule has 3 N–H and O–H groups in total. The maximum atomic E-state index is 11.8. The smallest absolute Gasteiger partial charge is 0.409 e. The number of likely N-dealkylation sites (tertiary alicyclic amines) is 1. The van der Waals surface area contributed by atoms with Gasteiger partial charge >= 0.3 is 6.09 Å². The number of benzene rings is 1. The van der Waals surface area contributed by atoms with E-state index < -0.39 is 0 Å². The third-order valence-corrected chi connectivity index (χ3v) is 5.49. The summed E-state index contributed by atoms with van der Waals surface area (Å²) in [4.78, 5) is 20.6. The number of carbonyl (C=O) groups is 1. The molecule has 1 aliphatic heterocycles. The Balaban J connectivity index is 0.00000450. The van der Waals surface area contributed by atoms with E-state index in [2.05, 4.69) is 53.3 Å². The van der Waals surface area contributed by atoms with Crippen LogP contribution in [0.25, 0.3) is 0 Å². The topological polar surface area (TPSA) is 83.2 Å². The molecule has 0 aromatic heterocycles. The van der Waals surface area contributed by atoms with E-state index in [9.17, 15) is 4.79 Å². The normalized spacial score (nSPS) is 16.1. The van der Waals surface area contributed by atoms with Gasteiger partial charge in [-0.3, -0.25) is 9.89 Å². The number of hydrogen-bond donors (Lipinski definition) is 2. The minimum atomic E-state index is -0.226. The number of carbonyl (C=O) groups excluding carboxylic acids is 1. The molecule has 0 bridgehead atoms. The van der Waals surface area contributed by atoms with Crippen molar-refractivity contribution in [2.45, 2.75) is 52.1 Å². The van der Waals surface area contributed by atoms with E-state index in [0.29, 0.717) is 38.2 Å². The van der Waals surface area contributed by atoms with Crippen LogP contribution in [-0.4, -0.2) is 73.3 Å². The molecule has 1 fully saturated rings. The van der Waals surface area contributed by atoms with Gasteiger partial charge in [-0.15, -0.1) is 24.0 Å². The van der Waals surface area contributed by atoms with Gasteiger partial charge in [-0.25, -0.2) is 4.79 Å². The molecule has 1 amide bonds. The zero-order chi connectivity index (χ0) is 21.1. The number of guanidine groups is 1. The molecule has 1 heterocycles. The Morgan fingerprint density at radius 3 is 2.43 bits per heavy atom. The lowest BCUT2D eigenvalue weighted by atomic mass is 10.0. The average Bonchev–Trinajstić information content (AvgIpc) is 2.74. The highest BCUT2D eigenvalue weighted by Crippen LogP contribution is 2.12. The second-order valence-electron chi connectivity index (χ2n) is 7.40. The molecule has 0 spiro atoms. The van der Waals surface area contributed by atoms with E-state index in [0.717, 1.165) is 32.4 Å². The van der Waals surface area contributed by atoms with Gasteiger partial charge in [-0.05, 0) is 44.8 Å². The summed E-state index contributed by atoms with van der Waals surface area (Å²) in [6, 6.07) is 11.1. The van der Waals surface area contributed by atoms with Crippen molar-refractivity contribution >= 4 is 36.0 Å². The summed E-state index contributed by atoms with van der Waals surface area (Å²) in [7, 11) is 0. The largest absolute Gasteiger partial charge is 0.450 e. The van der Waals surface area contributed by atoms with Crippen molar-refractivity contribution in [3.05, 3.63) is 35.9 Å². The molecule has 8 heteroatoms. The third-order valence-electron chi connectivity index (χ3n) is 5.49. The molecule has 0 radical (unpaired) electrons. The van der Waals surface area contributed by atoms with E-state index >= 15 is 0 Å². The van der Waals surface area contributed by atoms with Gasteiger partial charge in [0.15, 0.2) is 5.96 Å². The maximum Gasteiger partial charge on any atom is 0.409 e. The van der Waals surface area contributed by atoms with Crippen LogP contribution in [0, 0.1) is 0 Å². The maximum absolute atomic E-state index is 11.8. The molecule has 0 saturated carbocycles. The summed E-state index contributed by atoms with van der Waals surface area (Å²) in [6.07, 6.45) is 2.42. The van der Waals surface area contributed by atoms with Crippen LogP contribution in [0.4, 0.5) is 4.79 Å². The standard InChI is InChI=1S/C22H37N5O2.HI/c1-4-26(5-2)20(16-18-10-8-7-9-11-18)17-24-21(23)25-19-12-14-27(15-13-19)22(28)29-6-3;/h7-11,19-20H,4-6,12-17H2,1-3H3,(H3,23,24,25);1H. The first kappa shape index (κ1) is 26.5. The van der Waals surface area contributed by atoms with Crippen molar-refractivity contribution in [1.29, 1.82) is 0 Å². The summed E-state index contributed by atoms with van der Waals surface area (Å²) in [5.41, 5.74) is 7.50. The molecule has 0 aliphatic carbocycles. The summed E-state index contributed by atoms with van der Waals surface area (Å²) in [6.45, 7) is 10.6. The number of nitrogens with two attached hydrogens (primary N) is 1. The van der Waals surface area contributed by atoms with Gasteiger partial charge in [0, 0.05) is 25.2 Å². The monoisotopic (exact) mass is 531 g/mol. The Morgan fingerprint density at radius 2 is 1.87 bits per heavy atom. The number of aliphatic imine (C=N–C) groups is 1. The third kappa shape index (κ3) is 8.67. The fraction of sp³-hybridized carbons (Fsp3) is 0.636. The van der Waals surface area contributed by atoms with Crippen LogP contribution in [0.15, 0.2) is 35.3 Å². The Hall–Kier alpha value is -1.55. The number of amides is 1. The molecule has 170 valence electrons. The molecule has 1 saturated heterocycles. The minimum absolute atomic E-state index is 0. The first-order valence-electron chi connectivity index (χ1n) is 10.8. The summed E-state index contributed by atoms with van der Waals surface area (Å²) >= 11 is 0. The molecular weight excluding hydrogens is 493 g/mol. The zero-order valence-electron chi connectivity index (χ0n) is 18.5. The Morgan fingerprint density at radius 1 is 1.23 bits per heavy atom. The van der Waals surface area contributed by atoms with Crippen LogP contribution < -0.4 is 11.1 Å². The minimum Gasteiger partial charge on any atom is -0.450 e. The predicted octanol–water partition coefficient (Wildman–Crippen LogP) is 3.08. The number of likely N-dealkylation sites (N-methyl/N-ethyl adjacent to an activating group) is 1. The Labute approximate surface area is 198 Å². The van der Waals surface area contributed by atoms with Crippen LogP contribution in [-0.2, 0) is 11.2 Å². The average molecular weight is 531 g/mol. The molecule has 1 atom stereocenters. The summed E-state index contributed by atoms with van der Waals surface area (Å²) < 4.78 is 5.07. The van der Waals surface area contributed by atoms with E-state index in [4.69, 9.17) is 10.5 Å². The van der Waals surface area contributed by atoms with Crippen molar-refractivity contribution in [2.75, 3.05) is 39.3 Å². The fourth-order valence-corrected chi connectivity index (χ4v) is 3.81. The first-order valence-corrected chi connectivity index (χ1v) is 10.8. The highest BCUT2D eigenvalue weighted by molar-refractivity contribution is 14.0. The fourth-order valence-electron chi connectivity index (χ4n) is 3.81. The SMILES string of the molecule is CCOC(=O)N1CCC(NC(N)=NCC(Cc2ccccc2)N(CC)CC)CC1.I. The van der Waals surface area contributed by atoms with E-state index in [1.165, 1.54) is 5.56 Å². The van der Waals surface area contributed by atoms with Crippen molar-refractivity contribution in [3.8, 4) is 0 Å². The number of rotatable bonds is 9. The Kier molecular flexibility index (Phi) is 12.8. The van der Waals surface area contributed by atoms with Gasteiger partial charge in [0.25, 0.3) is 0 Å². The summed E-state index contributed by atoms with van der Waals surface area (Å²) in [5.74, 6) is 0.491. The van der Waals surface area contributed by atoms with Gasteiger partial charge < -0.3 is 20.7 Å². The number of halogens is 1. The lowest BCUT2D eigenvalue weighted by Crippen LogP contribution is -2.49. The molecule has 30 heavy (non-hydrogen) atoms. The van der Waals surface area contributed by atoms with Crippen LogP contribution in [0.2, 0.25) is 0 Å². The molecule has 1 aromatic rings. The van der Waals surface area contributed by atoms with Crippen molar-refractivity contribution in [3.63, 3.8) is 0 Å². The predicted molar refractivity (Wildman–Crippen MR) is 134 cm³/mol. The number of hydrogen-bond acceptors (Lipinski definition) is 4. The first-order chi connectivity index (χ1) is 14.1. The van der Waals surface area contributed by atoms with Gasteiger partial charge in [0.1, 0.15) is 0 Å². The molecular formula is C22H38IN5O2. The second-order valence-corrected chi connectivity index (χ2v) is 7.40.